The SMILES string of the molecule is Cc1cc(CCl)ccc1N1c2ccccc2CC1C. The van der Waals surface area contributed by atoms with E-state index in [1.54, 1.807) is 0 Å². The summed E-state index contributed by atoms with van der Waals surface area (Å²) in [6.07, 6.45) is 1.12. The summed E-state index contributed by atoms with van der Waals surface area (Å²) in [5.41, 5.74) is 6.56. The van der Waals surface area contributed by atoms with Crippen molar-refractivity contribution >= 4 is 23.0 Å². The molecule has 3 rings (SSSR count). The second-order valence-electron chi connectivity index (χ2n) is 5.31. The molecule has 2 aromatic carbocycles. The van der Waals surface area contributed by atoms with Crippen LogP contribution in [0, 0.1) is 6.92 Å². The monoisotopic (exact) mass is 271 g/mol. The highest BCUT2D eigenvalue weighted by Gasteiger charge is 2.27. The number of halogens is 1. The van der Waals surface area contributed by atoms with Gasteiger partial charge >= 0.3 is 0 Å². The molecule has 1 aliphatic heterocycles. The number of benzene rings is 2. The smallest absolute Gasteiger partial charge is 0.0474 e. The van der Waals surface area contributed by atoms with Gasteiger partial charge in [0.1, 0.15) is 0 Å². The van der Waals surface area contributed by atoms with Crippen LogP contribution in [0.1, 0.15) is 23.6 Å². The van der Waals surface area contributed by atoms with E-state index >= 15 is 0 Å². The molecule has 1 nitrogen and oxygen atoms in total. The summed E-state index contributed by atoms with van der Waals surface area (Å²) >= 11 is 5.91. The summed E-state index contributed by atoms with van der Waals surface area (Å²) in [7, 11) is 0. The molecule has 0 fully saturated rings. The molecule has 0 aromatic heterocycles. The quantitative estimate of drug-likeness (QED) is 0.708. The number of anilines is 2. The Morgan fingerprint density at radius 3 is 2.68 bits per heavy atom. The van der Waals surface area contributed by atoms with Crippen molar-refractivity contribution in [2.75, 3.05) is 4.90 Å². The fourth-order valence-electron chi connectivity index (χ4n) is 3.00. The molecule has 0 amide bonds. The average Bonchev–Trinajstić information content (AvgIpc) is 2.75. The molecule has 0 N–H and O–H groups in total. The Morgan fingerprint density at radius 1 is 1.16 bits per heavy atom. The van der Waals surface area contributed by atoms with E-state index in [1.807, 2.05) is 0 Å². The molecule has 1 aliphatic rings. The van der Waals surface area contributed by atoms with Gasteiger partial charge in [0.2, 0.25) is 0 Å². The molecule has 0 radical (unpaired) electrons. The first-order chi connectivity index (χ1) is 9.20. The molecule has 2 aromatic rings. The highest BCUT2D eigenvalue weighted by molar-refractivity contribution is 6.17. The zero-order valence-electron chi connectivity index (χ0n) is 11.4. The summed E-state index contributed by atoms with van der Waals surface area (Å²) in [6.45, 7) is 4.45. The van der Waals surface area contributed by atoms with Crippen molar-refractivity contribution in [1.29, 1.82) is 0 Å². The van der Waals surface area contributed by atoms with Crippen LogP contribution in [0.5, 0.6) is 0 Å². The Morgan fingerprint density at radius 2 is 1.95 bits per heavy atom. The molecule has 0 saturated carbocycles. The topological polar surface area (TPSA) is 3.24 Å². The maximum Gasteiger partial charge on any atom is 0.0474 e. The zero-order chi connectivity index (χ0) is 13.4. The van der Waals surface area contributed by atoms with Crippen molar-refractivity contribution in [3.05, 3.63) is 59.2 Å². The predicted octanol–water partition coefficient (Wildman–Crippen LogP) is 4.82. The fourth-order valence-corrected chi connectivity index (χ4v) is 3.17. The van der Waals surface area contributed by atoms with Crippen LogP contribution in [-0.4, -0.2) is 6.04 Å². The van der Waals surface area contributed by atoms with Gasteiger partial charge in [-0.1, -0.05) is 30.3 Å². The first kappa shape index (κ1) is 12.6. The minimum Gasteiger partial charge on any atom is -0.338 e. The van der Waals surface area contributed by atoms with E-state index in [0.29, 0.717) is 11.9 Å². The van der Waals surface area contributed by atoms with Crippen LogP contribution >= 0.6 is 11.6 Å². The second kappa shape index (κ2) is 4.90. The van der Waals surface area contributed by atoms with Gasteiger partial charge in [-0.2, -0.15) is 0 Å². The maximum atomic E-state index is 5.91. The summed E-state index contributed by atoms with van der Waals surface area (Å²) in [4.78, 5) is 2.45. The van der Waals surface area contributed by atoms with E-state index in [9.17, 15) is 0 Å². The molecule has 1 heterocycles. The number of hydrogen-bond donors (Lipinski definition) is 0. The second-order valence-corrected chi connectivity index (χ2v) is 5.57. The van der Waals surface area contributed by atoms with E-state index in [4.69, 9.17) is 11.6 Å². The van der Waals surface area contributed by atoms with Gasteiger partial charge in [0.25, 0.3) is 0 Å². The molecular weight excluding hydrogens is 254 g/mol. The lowest BCUT2D eigenvalue weighted by atomic mass is 10.1. The summed E-state index contributed by atoms with van der Waals surface area (Å²) < 4.78 is 0. The highest BCUT2D eigenvalue weighted by Crippen LogP contribution is 2.39. The minimum atomic E-state index is 0.512. The first-order valence-corrected chi connectivity index (χ1v) is 7.27. The Labute approximate surface area is 119 Å². The Hall–Kier alpha value is -1.47. The van der Waals surface area contributed by atoms with Crippen molar-refractivity contribution in [2.45, 2.75) is 32.2 Å². The predicted molar refractivity (Wildman–Crippen MR) is 82.5 cm³/mol. The third-order valence-electron chi connectivity index (χ3n) is 3.88. The van der Waals surface area contributed by atoms with Gasteiger partial charge in [-0.05, 0) is 49.1 Å². The molecule has 2 heteroatoms. The third kappa shape index (κ3) is 2.12. The fraction of sp³-hybridized carbons (Fsp3) is 0.294. The largest absolute Gasteiger partial charge is 0.338 e. The normalized spacial score (nSPS) is 17.6. The molecule has 0 bridgehead atoms. The van der Waals surface area contributed by atoms with Crippen LogP contribution in [0.2, 0.25) is 0 Å². The molecular formula is C17H18ClN. The number of para-hydroxylation sites is 1. The molecule has 1 atom stereocenters. The lowest BCUT2D eigenvalue weighted by Gasteiger charge is -2.27. The van der Waals surface area contributed by atoms with Crippen molar-refractivity contribution in [2.24, 2.45) is 0 Å². The van der Waals surface area contributed by atoms with Crippen LogP contribution in [0.3, 0.4) is 0 Å². The number of nitrogens with zero attached hydrogens (tertiary/aromatic N) is 1. The van der Waals surface area contributed by atoms with Crippen molar-refractivity contribution < 1.29 is 0 Å². The van der Waals surface area contributed by atoms with Crippen molar-refractivity contribution in [3.8, 4) is 0 Å². The lowest BCUT2D eigenvalue weighted by Crippen LogP contribution is -2.24. The van der Waals surface area contributed by atoms with Crippen molar-refractivity contribution in [3.63, 3.8) is 0 Å². The number of hydrogen-bond acceptors (Lipinski definition) is 1. The van der Waals surface area contributed by atoms with Crippen LogP contribution < -0.4 is 4.90 Å². The molecule has 1 unspecified atom stereocenters. The standard InChI is InChI=1S/C17H18ClN/c1-12-9-14(11-18)7-8-16(12)19-13(2)10-15-5-3-4-6-17(15)19/h3-9,13H,10-11H2,1-2H3. The maximum absolute atomic E-state index is 5.91. The minimum absolute atomic E-state index is 0.512. The third-order valence-corrected chi connectivity index (χ3v) is 4.19. The molecule has 0 spiro atoms. The number of fused-ring (bicyclic) bond motifs is 1. The molecule has 0 saturated heterocycles. The van der Waals surface area contributed by atoms with Gasteiger partial charge in [0, 0.05) is 23.3 Å². The van der Waals surface area contributed by atoms with E-state index in [-0.39, 0.29) is 0 Å². The van der Waals surface area contributed by atoms with Gasteiger partial charge in [-0.3, -0.25) is 0 Å². The molecule has 0 aliphatic carbocycles. The van der Waals surface area contributed by atoms with Gasteiger partial charge in [0.15, 0.2) is 0 Å². The average molecular weight is 272 g/mol. The molecule has 19 heavy (non-hydrogen) atoms. The van der Waals surface area contributed by atoms with Crippen molar-refractivity contribution in [1.82, 2.24) is 0 Å². The van der Waals surface area contributed by atoms with Gasteiger partial charge in [-0.15, -0.1) is 11.6 Å². The summed E-state index contributed by atoms with van der Waals surface area (Å²) in [5.74, 6) is 0.577. The van der Waals surface area contributed by atoms with Crippen LogP contribution in [0.25, 0.3) is 0 Å². The van der Waals surface area contributed by atoms with E-state index < -0.39 is 0 Å². The zero-order valence-corrected chi connectivity index (χ0v) is 12.1. The van der Waals surface area contributed by atoms with E-state index in [0.717, 1.165) is 6.42 Å². The number of aryl methyl sites for hydroxylation is 1. The Bertz CT molecular complexity index is 606. The number of rotatable bonds is 2. The number of alkyl halides is 1. The highest BCUT2D eigenvalue weighted by atomic mass is 35.5. The van der Waals surface area contributed by atoms with Gasteiger partial charge < -0.3 is 4.90 Å². The molecule has 98 valence electrons. The van der Waals surface area contributed by atoms with Crippen LogP contribution in [0.15, 0.2) is 42.5 Å². The Kier molecular flexibility index (Phi) is 3.24. The van der Waals surface area contributed by atoms with Gasteiger partial charge in [0.05, 0.1) is 0 Å². The van der Waals surface area contributed by atoms with Crippen LogP contribution in [0.4, 0.5) is 11.4 Å². The van der Waals surface area contributed by atoms with E-state index in [1.165, 1.54) is 28.1 Å². The Balaban J connectivity index is 2.07. The van der Waals surface area contributed by atoms with Crippen LogP contribution in [-0.2, 0) is 12.3 Å². The lowest BCUT2D eigenvalue weighted by molar-refractivity contribution is 0.757. The first-order valence-electron chi connectivity index (χ1n) is 6.73. The summed E-state index contributed by atoms with van der Waals surface area (Å²) in [5, 5.41) is 0. The summed E-state index contributed by atoms with van der Waals surface area (Å²) in [6, 6.07) is 15.7. The van der Waals surface area contributed by atoms with E-state index in [2.05, 4.69) is 61.2 Å². The van der Waals surface area contributed by atoms with Gasteiger partial charge in [-0.25, -0.2) is 0 Å².